The fraction of sp³-hybridized carbons (Fsp3) is 0.448. The first-order valence-corrected chi connectivity index (χ1v) is 19.6. The van der Waals surface area contributed by atoms with Gasteiger partial charge in [-0.1, -0.05) is 49.0 Å². The number of aliphatic hydroxyl groups excluding tert-OH is 1. The lowest BCUT2D eigenvalue weighted by atomic mass is 10.1. The maximum atomic E-state index is 11.9. The van der Waals surface area contributed by atoms with Crippen LogP contribution in [0.5, 0.6) is 6.01 Å². The zero-order valence-corrected chi connectivity index (χ0v) is 27.4. The Labute approximate surface area is 262 Å². The number of hydrogen-bond acceptors (Lipinski definition) is 11. The fourth-order valence-corrected chi connectivity index (χ4v) is 6.42. The van der Waals surface area contributed by atoms with Gasteiger partial charge in [-0.15, -0.1) is 0 Å². The topological polar surface area (TPSA) is 143 Å². The zero-order valence-electron chi connectivity index (χ0n) is 24.8. The van der Waals surface area contributed by atoms with E-state index < -0.39 is 36.8 Å². The number of ether oxygens (including phenoxy) is 4. The molecule has 2 saturated heterocycles. The Morgan fingerprint density at radius 2 is 1.84 bits per heavy atom. The number of rotatable bonds is 10. The molecule has 15 heteroatoms. The normalized spacial score (nSPS) is 21.7. The highest BCUT2D eigenvalue weighted by Gasteiger charge is 2.49. The number of halogens is 1. The molecule has 0 bridgehead atoms. The van der Waals surface area contributed by atoms with Gasteiger partial charge in [-0.2, -0.15) is 9.35 Å². The van der Waals surface area contributed by atoms with Crippen LogP contribution in [0.3, 0.4) is 0 Å². The number of aliphatic hydroxyl groups is 1. The van der Waals surface area contributed by atoms with Crippen molar-refractivity contribution in [2.45, 2.75) is 50.3 Å². The molecule has 0 saturated carbocycles. The van der Waals surface area contributed by atoms with Crippen molar-refractivity contribution in [3.8, 4) is 28.5 Å². The second kappa shape index (κ2) is 12.8. The average Bonchev–Trinajstić information content (AvgIpc) is 3.65. The predicted molar refractivity (Wildman–Crippen MR) is 169 cm³/mol. The monoisotopic (exact) mass is 657 g/mol. The Hall–Kier alpha value is -2.98. The van der Waals surface area contributed by atoms with Crippen molar-refractivity contribution >= 4 is 47.1 Å². The summed E-state index contributed by atoms with van der Waals surface area (Å²) in [7, 11) is -2.76. The lowest BCUT2D eigenvalue weighted by molar-refractivity contribution is 0.00337. The van der Waals surface area contributed by atoms with Crippen molar-refractivity contribution in [3.05, 3.63) is 47.7 Å². The standard InChI is InChI=1S/C29H34ClN6O6SSi/c1-43(2,38)35-24-13-31-21(12-32-24)17-5-7-18(8-6-17)25-19(30)11-20-28(34-25)36(16-39-9-10-44(3)4)29(33-20)42-23-15-41-26-22(37)14-40-27(23)26/h5-8,11-13,22-23,26-27,37H,9-10,14-16H2,1-4H3/t22-,23-,26-,27-/m1/s1. The van der Waals surface area contributed by atoms with Gasteiger partial charge in [-0.25, -0.2) is 14.2 Å². The summed E-state index contributed by atoms with van der Waals surface area (Å²) >= 11 is 6.74. The van der Waals surface area contributed by atoms with Gasteiger partial charge in [0.15, 0.2) is 17.6 Å². The lowest BCUT2D eigenvalue weighted by Gasteiger charge is -2.18. The molecule has 1 radical (unpaired) electrons. The third-order valence-corrected chi connectivity index (χ3v) is 9.37. The minimum absolute atomic E-state index is 0.200. The van der Waals surface area contributed by atoms with E-state index in [-0.39, 0.29) is 26.0 Å². The van der Waals surface area contributed by atoms with Crippen LogP contribution >= 0.6 is 11.6 Å². The van der Waals surface area contributed by atoms with Crippen molar-refractivity contribution in [2.75, 3.05) is 32.3 Å². The minimum atomic E-state index is -2.32. The molecular formula is C29H34ClN6O6SSi. The molecule has 2 fully saturated rings. The van der Waals surface area contributed by atoms with Gasteiger partial charge >= 0.3 is 6.01 Å². The largest absolute Gasteiger partial charge is 0.456 e. The summed E-state index contributed by atoms with van der Waals surface area (Å²) in [6.45, 7) is 5.79. The lowest BCUT2D eigenvalue weighted by Crippen LogP contribution is -2.35. The Morgan fingerprint density at radius 3 is 2.55 bits per heavy atom. The third kappa shape index (κ3) is 6.81. The van der Waals surface area contributed by atoms with Gasteiger partial charge in [0.05, 0.1) is 42.0 Å². The van der Waals surface area contributed by atoms with E-state index in [1.165, 1.54) is 6.20 Å². The van der Waals surface area contributed by atoms with Crippen LogP contribution in [0.2, 0.25) is 24.2 Å². The van der Waals surface area contributed by atoms with Crippen LogP contribution in [0.15, 0.2) is 47.1 Å². The smallest absolute Gasteiger partial charge is 0.301 e. The molecule has 0 amide bonds. The molecule has 5 heterocycles. The molecule has 0 unspecified atom stereocenters. The van der Waals surface area contributed by atoms with Gasteiger partial charge < -0.3 is 24.1 Å². The predicted octanol–water partition coefficient (Wildman–Crippen LogP) is 4.20. The van der Waals surface area contributed by atoms with Crippen LogP contribution in [-0.4, -0.2) is 99.4 Å². The summed E-state index contributed by atoms with van der Waals surface area (Å²) in [5, 5.41) is 10.6. The van der Waals surface area contributed by atoms with Crippen molar-refractivity contribution in [2.24, 2.45) is 4.36 Å². The highest BCUT2D eigenvalue weighted by molar-refractivity contribution is 7.92. The van der Waals surface area contributed by atoms with Crippen molar-refractivity contribution < 1.29 is 28.3 Å². The highest BCUT2D eigenvalue weighted by atomic mass is 35.5. The second-order valence-electron chi connectivity index (χ2n) is 11.4. The Balaban J connectivity index is 1.29. The number of hydrogen-bond donors (Lipinski definition) is 1. The summed E-state index contributed by atoms with van der Waals surface area (Å²) in [5.41, 5.74) is 4.02. The second-order valence-corrected chi connectivity index (χ2v) is 17.3. The van der Waals surface area contributed by atoms with E-state index in [1.807, 2.05) is 24.3 Å². The molecule has 233 valence electrons. The number of benzene rings is 1. The van der Waals surface area contributed by atoms with Crippen molar-refractivity contribution in [3.63, 3.8) is 0 Å². The summed E-state index contributed by atoms with van der Waals surface area (Å²) < 4.78 is 41.7. The number of pyridine rings is 1. The van der Waals surface area contributed by atoms with Crippen molar-refractivity contribution in [1.29, 1.82) is 0 Å². The SMILES string of the molecule is C[Si](C)CCOCn1c(O[C@@H]2CO[C@H]3[C@@H]2OC[C@H]3O)nc2cc(Cl)c(-c3ccc(-c4cnc(N=S(C)(C)=O)cn4)cc3)nc21. The third-order valence-electron chi connectivity index (χ3n) is 7.25. The molecule has 1 aromatic carbocycles. The van der Waals surface area contributed by atoms with E-state index in [2.05, 4.69) is 27.4 Å². The zero-order chi connectivity index (χ0) is 31.0. The van der Waals surface area contributed by atoms with E-state index >= 15 is 0 Å². The van der Waals surface area contributed by atoms with E-state index in [0.717, 1.165) is 17.2 Å². The van der Waals surface area contributed by atoms with Gasteiger partial charge in [0.1, 0.15) is 30.6 Å². The van der Waals surface area contributed by atoms with E-state index in [1.54, 1.807) is 29.3 Å². The van der Waals surface area contributed by atoms with Crippen LogP contribution < -0.4 is 4.74 Å². The number of nitrogens with zero attached hydrogens (tertiary/aromatic N) is 6. The van der Waals surface area contributed by atoms with E-state index in [4.69, 9.17) is 40.5 Å². The van der Waals surface area contributed by atoms with Crippen LogP contribution in [0.25, 0.3) is 33.7 Å². The summed E-state index contributed by atoms with van der Waals surface area (Å²) in [6, 6.07) is 10.8. The first-order valence-electron chi connectivity index (χ1n) is 14.2. The van der Waals surface area contributed by atoms with Gasteiger partial charge in [0, 0.05) is 48.8 Å². The van der Waals surface area contributed by atoms with Gasteiger partial charge in [0.25, 0.3) is 0 Å². The molecule has 1 N–H and O–H groups in total. The molecule has 2 aliphatic rings. The van der Waals surface area contributed by atoms with Crippen LogP contribution in [0.4, 0.5) is 5.82 Å². The summed E-state index contributed by atoms with van der Waals surface area (Å²) in [6.07, 6.45) is 4.30. The molecule has 3 aromatic heterocycles. The van der Waals surface area contributed by atoms with Crippen LogP contribution in [0, 0.1) is 0 Å². The molecule has 6 rings (SSSR count). The molecule has 12 nitrogen and oxygen atoms in total. The fourth-order valence-electron chi connectivity index (χ4n) is 5.07. The van der Waals surface area contributed by atoms with Gasteiger partial charge in [-0.05, 0) is 12.1 Å². The maximum absolute atomic E-state index is 11.9. The number of aromatic nitrogens is 5. The minimum Gasteiger partial charge on any atom is -0.456 e. The van der Waals surface area contributed by atoms with Gasteiger partial charge in [-0.3, -0.25) is 9.55 Å². The first kappa shape index (κ1) is 31.0. The van der Waals surface area contributed by atoms with E-state index in [0.29, 0.717) is 46.0 Å². The summed E-state index contributed by atoms with van der Waals surface area (Å²) in [5.74, 6) is 0.327. The molecule has 2 aliphatic heterocycles. The first-order chi connectivity index (χ1) is 21.1. The molecule has 4 atom stereocenters. The Bertz CT molecular complexity index is 1750. The Morgan fingerprint density at radius 1 is 1.09 bits per heavy atom. The average molecular weight is 658 g/mol. The maximum Gasteiger partial charge on any atom is 0.301 e. The van der Waals surface area contributed by atoms with Crippen LogP contribution in [0.1, 0.15) is 0 Å². The molecule has 4 aromatic rings. The number of imidazole rings is 1. The van der Waals surface area contributed by atoms with Crippen LogP contribution in [-0.2, 0) is 30.7 Å². The molecular weight excluding hydrogens is 624 g/mol. The molecule has 44 heavy (non-hydrogen) atoms. The Kier molecular flexibility index (Phi) is 9.02. The van der Waals surface area contributed by atoms with Crippen molar-refractivity contribution in [1.82, 2.24) is 24.5 Å². The van der Waals surface area contributed by atoms with E-state index in [9.17, 15) is 9.32 Å². The molecule has 0 spiro atoms. The highest BCUT2D eigenvalue weighted by Crippen LogP contribution is 2.34. The quantitative estimate of drug-likeness (QED) is 0.195. The van der Waals surface area contributed by atoms with Gasteiger partial charge in [0.2, 0.25) is 0 Å². The number of fused-ring (bicyclic) bond motifs is 2. The molecule has 0 aliphatic carbocycles. The summed E-state index contributed by atoms with van der Waals surface area (Å²) in [4.78, 5) is 18.3.